The maximum absolute atomic E-state index is 11.5. The molecule has 0 aliphatic heterocycles. The summed E-state index contributed by atoms with van der Waals surface area (Å²) in [5.74, 6) is -0.829. The predicted octanol–water partition coefficient (Wildman–Crippen LogP) is 1.25. The number of thiophene rings is 1. The summed E-state index contributed by atoms with van der Waals surface area (Å²) in [5.41, 5.74) is 12.6. The van der Waals surface area contributed by atoms with Crippen LogP contribution in [-0.2, 0) is 6.54 Å². The number of nitrogens with zero attached hydrogens (tertiary/aromatic N) is 2. The molecule has 0 saturated heterocycles. The Kier molecular flexibility index (Phi) is 4.27. The number of carbonyl (C=O) groups excluding carboxylic acids is 2. The number of rotatable bonds is 6. The molecule has 0 radical (unpaired) electrons. The Labute approximate surface area is 125 Å². The van der Waals surface area contributed by atoms with Gasteiger partial charge in [0.05, 0.1) is 28.9 Å². The third-order valence-corrected chi connectivity index (χ3v) is 4.16. The number of primary amides is 1. The van der Waals surface area contributed by atoms with Gasteiger partial charge in [0, 0.05) is 19.7 Å². The summed E-state index contributed by atoms with van der Waals surface area (Å²) < 4.78 is 1.79. The van der Waals surface area contributed by atoms with E-state index in [1.807, 2.05) is 13.1 Å². The van der Waals surface area contributed by atoms with Crippen LogP contribution in [0.1, 0.15) is 32.5 Å². The molecule has 8 heteroatoms. The molecule has 2 aromatic heterocycles. The second-order valence-corrected chi connectivity index (χ2v) is 5.70. The second-order valence-electron chi connectivity index (χ2n) is 4.68. The summed E-state index contributed by atoms with van der Waals surface area (Å²) in [6.07, 6.45) is 3.69. The van der Waals surface area contributed by atoms with Crippen LogP contribution < -0.4 is 16.8 Å². The highest BCUT2D eigenvalue weighted by molar-refractivity contribution is 7.19. The van der Waals surface area contributed by atoms with Crippen LogP contribution in [0.25, 0.3) is 0 Å². The average molecular weight is 307 g/mol. The van der Waals surface area contributed by atoms with Crippen molar-refractivity contribution in [2.24, 2.45) is 5.73 Å². The van der Waals surface area contributed by atoms with E-state index in [0.29, 0.717) is 23.0 Å². The number of amides is 1. The fourth-order valence-corrected chi connectivity index (χ4v) is 2.99. The van der Waals surface area contributed by atoms with Crippen LogP contribution in [-0.4, -0.2) is 28.0 Å². The molecule has 112 valence electrons. The molecule has 0 fully saturated rings. The number of aryl methyl sites for hydroxylation is 1. The van der Waals surface area contributed by atoms with Gasteiger partial charge in [0.1, 0.15) is 5.00 Å². The zero-order valence-electron chi connectivity index (χ0n) is 11.8. The molecular weight excluding hydrogens is 290 g/mol. The molecule has 0 atom stereocenters. The van der Waals surface area contributed by atoms with Gasteiger partial charge in [0.25, 0.3) is 5.91 Å². The molecule has 2 rings (SSSR count). The number of hydrogen-bond donors (Lipinski definition) is 3. The van der Waals surface area contributed by atoms with E-state index in [4.69, 9.17) is 11.5 Å². The Bertz CT molecular complexity index is 689. The lowest BCUT2D eigenvalue weighted by Crippen LogP contribution is -2.16. The normalized spacial score (nSPS) is 10.6. The standard InChI is InChI=1S/C13H17N5O2S/c1-7-5-17-18(6-7)4-3-16-13-9(12(15)20)10(14)11(21-13)8(2)19/h5-6,16H,3-4,14H2,1-2H3,(H2,15,20). The van der Waals surface area contributed by atoms with Crippen LogP contribution >= 0.6 is 11.3 Å². The van der Waals surface area contributed by atoms with E-state index in [0.717, 1.165) is 16.9 Å². The van der Waals surface area contributed by atoms with Crippen LogP contribution in [0.3, 0.4) is 0 Å². The lowest BCUT2D eigenvalue weighted by Gasteiger charge is -2.06. The molecule has 2 aromatic rings. The molecule has 2 heterocycles. The monoisotopic (exact) mass is 307 g/mol. The van der Waals surface area contributed by atoms with E-state index >= 15 is 0 Å². The zero-order valence-corrected chi connectivity index (χ0v) is 12.7. The van der Waals surface area contributed by atoms with E-state index in [1.54, 1.807) is 10.9 Å². The Morgan fingerprint density at radius 1 is 1.48 bits per heavy atom. The van der Waals surface area contributed by atoms with Gasteiger partial charge in [-0.3, -0.25) is 14.3 Å². The lowest BCUT2D eigenvalue weighted by molar-refractivity contribution is 0.100. The Hall–Kier alpha value is -2.35. The number of nitrogens with one attached hydrogen (secondary N) is 1. The van der Waals surface area contributed by atoms with Gasteiger partial charge in [0.2, 0.25) is 0 Å². The highest BCUT2D eigenvalue weighted by Crippen LogP contribution is 2.35. The van der Waals surface area contributed by atoms with Gasteiger partial charge < -0.3 is 16.8 Å². The number of aromatic nitrogens is 2. The number of carbonyl (C=O) groups is 2. The van der Waals surface area contributed by atoms with E-state index in [2.05, 4.69) is 10.4 Å². The molecule has 5 N–H and O–H groups in total. The summed E-state index contributed by atoms with van der Waals surface area (Å²) in [4.78, 5) is 23.3. The van der Waals surface area contributed by atoms with E-state index in [9.17, 15) is 9.59 Å². The summed E-state index contributed by atoms with van der Waals surface area (Å²) >= 11 is 1.15. The van der Waals surface area contributed by atoms with Gasteiger partial charge in [-0.05, 0) is 12.5 Å². The van der Waals surface area contributed by atoms with E-state index in [-0.39, 0.29) is 17.0 Å². The maximum Gasteiger partial charge on any atom is 0.253 e. The van der Waals surface area contributed by atoms with Crippen molar-refractivity contribution >= 4 is 33.7 Å². The zero-order chi connectivity index (χ0) is 15.6. The molecule has 0 unspecified atom stereocenters. The first-order valence-corrected chi connectivity index (χ1v) is 7.17. The number of ketones is 1. The molecular formula is C13H17N5O2S. The minimum absolute atomic E-state index is 0.150. The van der Waals surface area contributed by atoms with Gasteiger partial charge in [-0.15, -0.1) is 11.3 Å². The van der Waals surface area contributed by atoms with Crippen molar-refractivity contribution in [2.45, 2.75) is 20.4 Å². The molecule has 0 bridgehead atoms. The number of nitrogen functional groups attached to an aromatic ring is 1. The van der Waals surface area contributed by atoms with E-state index < -0.39 is 5.91 Å². The van der Waals surface area contributed by atoms with Gasteiger partial charge in [-0.1, -0.05) is 0 Å². The van der Waals surface area contributed by atoms with Crippen molar-refractivity contribution in [3.8, 4) is 0 Å². The summed E-state index contributed by atoms with van der Waals surface area (Å²) in [5, 5.41) is 7.78. The van der Waals surface area contributed by atoms with Gasteiger partial charge in [0.15, 0.2) is 5.78 Å². The first-order valence-electron chi connectivity index (χ1n) is 6.36. The Morgan fingerprint density at radius 3 is 2.71 bits per heavy atom. The van der Waals surface area contributed by atoms with Crippen LogP contribution in [0.4, 0.5) is 10.7 Å². The minimum atomic E-state index is -0.645. The Morgan fingerprint density at radius 2 is 2.19 bits per heavy atom. The highest BCUT2D eigenvalue weighted by Gasteiger charge is 2.22. The maximum atomic E-state index is 11.5. The molecule has 0 aliphatic carbocycles. The minimum Gasteiger partial charge on any atom is -0.397 e. The van der Waals surface area contributed by atoms with Crippen molar-refractivity contribution in [3.05, 3.63) is 28.4 Å². The topological polar surface area (TPSA) is 116 Å². The highest BCUT2D eigenvalue weighted by atomic mass is 32.1. The van der Waals surface area contributed by atoms with Crippen molar-refractivity contribution < 1.29 is 9.59 Å². The van der Waals surface area contributed by atoms with Crippen LogP contribution in [0.15, 0.2) is 12.4 Å². The fourth-order valence-electron chi connectivity index (χ4n) is 1.95. The second kappa shape index (κ2) is 5.96. The van der Waals surface area contributed by atoms with Crippen LogP contribution in [0, 0.1) is 6.92 Å². The largest absolute Gasteiger partial charge is 0.397 e. The molecule has 0 aromatic carbocycles. The third kappa shape index (κ3) is 3.22. The number of nitrogens with two attached hydrogens (primary N) is 2. The average Bonchev–Trinajstić information content (AvgIpc) is 2.93. The van der Waals surface area contributed by atoms with E-state index in [1.165, 1.54) is 6.92 Å². The van der Waals surface area contributed by atoms with Crippen molar-refractivity contribution in [2.75, 3.05) is 17.6 Å². The van der Waals surface area contributed by atoms with Crippen molar-refractivity contribution in [1.29, 1.82) is 0 Å². The summed E-state index contributed by atoms with van der Waals surface area (Å²) in [6.45, 7) is 4.53. The molecule has 0 aliphatic rings. The number of Topliss-reactive ketones (excluding diaryl/α,β-unsaturated/α-hetero) is 1. The van der Waals surface area contributed by atoms with Gasteiger partial charge >= 0.3 is 0 Å². The lowest BCUT2D eigenvalue weighted by atomic mass is 10.2. The van der Waals surface area contributed by atoms with Gasteiger partial charge in [-0.2, -0.15) is 5.10 Å². The van der Waals surface area contributed by atoms with Crippen LogP contribution in [0.5, 0.6) is 0 Å². The number of anilines is 2. The smallest absolute Gasteiger partial charge is 0.253 e. The summed E-state index contributed by atoms with van der Waals surface area (Å²) in [6, 6.07) is 0. The molecule has 7 nitrogen and oxygen atoms in total. The van der Waals surface area contributed by atoms with Gasteiger partial charge in [-0.25, -0.2) is 0 Å². The van der Waals surface area contributed by atoms with Crippen molar-refractivity contribution in [1.82, 2.24) is 9.78 Å². The first kappa shape index (κ1) is 15.0. The predicted molar refractivity (Wildman–Crippen MR) is 82.7 cm³/mol. The Balaban J connectivity index is 2.13. The first-order chi connectivity index (χ1) is 9.90. The molecule has 0 saturated carbocycles. The molecule has 0 spiro atoms. The van der Waals surface area contributed by atoms with Crippen LogP contribution in [0.2, 0.25) is 0 Å². The fraction of sp³-hybridized carbons (Fsp3) is 0.308. The quantitative estimate of drug-likeness (QED) is 0.694. The SMILES string of the molecule is CC(=O)c1sc(NCCn2cc(C)cn2)c(C(N)=O)c1N. The molecule has 1 amide bonds. The van der Waals surface area contributed by atoms with Crippen molar-refractivity contribution in [3.63, 3.8) is 0 Å². The summed E-state index contributed by atoms with van der Waals surface area (Å²) in [7, 11) is 0. The third-order valence-electron chi connectivity index (χ3n) is 2.90. The molecule has 21 heavy (non-hydrogen) atoms. The number of hydrogen-bond acceptors (Lipinski definition) is 6.